The quantitative estimate of drug-likeness (QED) is 0.0267. The Morgan fingerprint density at radius 1 is 0.525 bits per heavy atom. The van der Waals surface area contributed by atoms with Crippen molar-refractivity contribution in [2.24, 2.45) is 17.8 Å². The maximum Gasteiger partial charge on any atom is 0.317 e. The van der Waals surface area contributed by atoms with E-state index in [-0.39, 0.29) is 221 Å². The van der Waals surface area contributed by atoms with Gasteiger partial charge in [-0.05, 0) is 123 Å². The van der Waals surface area contributed by atoms with E-state index in [9.17, 15) is 83.1 Å². The number of nitrogens with one attached hydrogen (secondary N) is 13. The Morgan fingerprint density at radius 2 is 1.07 bits per heavy atom. The van der Waals surface area contributed by atoms with Crippen molar-refractivity contribution in [1.82, 2.24) is 97.9 Å². The Hall–Kier alpha value is -10.2. The van der Waals surface area contributed by atoms with Crippen LogP contribution in [0.2, 0.25) is 5.02 Å². The third-order valence-electron chi connectivity index (χ3n) is 24.8. The number of piperidine rings is 1. The summed E-state index contributed by atoms with van der Waals surface area (Å²) in [6.45, 7) is 14.6. The summed E-state index contributed by atoms with van der Waals surface area (Å²) in [5, 5.41) is 81.6. The first-order chi connectivity index (χ1) is 65.6. The van der Waals surface area contributed by atoms with Crippen molar-refractivity contribution >= 4 is 158 Å². The number of aromatic nitrogens is 2. The number of nitrogens with zero attached hydrogens (tertiary/aromatic N) is 6. The molecule has 45 heteroatoms. The van der Waals surface area contributed by atoms with Crippen molar-refractivity contribution < 1.29 is 144 Å². The monoisotopic (exact) mass is 2150 g/mol. The van der Waals surface area contributed by atoms with Crippen molar-refractivity contribution in [2.75, 3.05) is 123 Å². The predicted molar refractivity (Wildman–Crippen MR) is 517 cm³/mol. The summed E-state index contributed by atoms with van der Waals surface area (Å²) in [7, 11) is 0. The zero-order chi connectivity index (χ0) is 101. The van der Waals surface area contributed by atoms with E-state index in [1.165, 1.54) is 30.5 Å². The summed E-state index contributed by atoms with van der Waals surface area (Å²) in [4.78, 5) is 253. The van der Waals surface area contributed by atoms with Gasteiger partial charge in [0.15, 0.2) is 0 Å². The van der Waals surface area contributed by atoms with Crippen LogP contribution in [0.3, 0.4) is 0 Å². The Balaban J connectivity index is 0.0000237. The standard InChI is InChI=1S/C94H134ClN19O22S2.Lu/c1-9-57(6)83-91(134)96-25-37-137-52-58-14-12-15-59(40-58)53-138-54-74(89(132)108-94(7,8)93(136)106-70(39-56(4)5)88(131)107-83)105-85(128)69(38-55(2)3)102-84(127)68(21-22-78(117)118)101-90(133)75-18-13-26-114(75)92(135)73(42-61-46-98-67-20-19-62(95)43-65(61)67)104-86(129)71(41-60-45-97-66-17-11-10-16-64(60)66)103-87(130)72(44-79(119)120)100-77(116)48-109-27-23-63(24-28-109)99-76(115)47-110-29-31-111(49-80(121)122)33-35-113(51-82(125)126)36-34-112(32-30-110)50-81(123)124;/h10-12,14-17,19-20,40,43,45-46,55-57,63,68-75,83,97-98H,9,13,18,21-39,41-42,44,47-54H2,1-8H3,(H,96,134)(H,99,115)(H,100,116)(H,101,133)(H,102,127)(H,103,130)(H,104,129)(H,105,128)(H,106,136)(H,107,131)(H,108,132)(H,117,118)(H,119,120)(H,121,122)(H,123,124)(H,125,126);/t57-,68-,69+,70-,71-,72-,73-,74-,75-,83-;/m0./s1. The number of amides is 12. The molecule has 2 aromatic heterocycles. The number of likely N-dealkylation sites (tertiary alicyclic amines) is 2. The van der Waals surface area contributed by atoms with Crippen LogP contribution >= 0.6 is 35.1 Å². The molecule has 3 aromatic carbocycles. The van der Waals surface area contributed by atoms with Gasteiger partial charge >= 0.3 is 29.8 Å². The van der Waals surface area contributed by atoms with Crippen LogP contribution in [-0.4, -0.2) is 354 Å². The summed E-state index contributed by atoms with van der Waals surface area (Å²) in [6.07, 6.45) is 1.97. The van der Waals surface area contributed by atoms with Gasteiger partial charge in [-0.25, -0.2) is 0 Å². The molecule has 6 heterocycles. The van der Waals surface area contributed by atoms with Gasteiger partial charge in [0.2, 0.25) is 70.9 Å². The first-order valence-corrected chi connectivity index (χ1v) is 49.6. The Morgan fingerprint density at radius 3 is 1.66 bits per heavy atom. The summed E-state index contributed by atoms with van der Waals surface area (Å²) < 4.78 is 0. The molecule has 139 heavy (non-hydrogen) atoms. The number of H-pyrrole nitrogens is 2. The van der Waals surface area contributed by atoms with Crippen molar-refractivity contribution in [3.63, 3.8) is 0 Å². The van der Waals surface area contributed by atoms with E-state index in [2.05, 4.69) is 68.5 Å². The number of thioether (sulfide) groups is 2. The molecule has 0 unspecified atom stereocenters. The average molecular weight is 2160 g/mol. The van der Waals surface area contributed by atoms with Crippen LogP contribution < -0.4 is 58.5 Å². The first-order valence-electron chi connectivity index (χ1n) is 46.9. The van der Waals surface area contributed by atoms with Crippen LogP contribution in [0.25, 0.3) is 21.8 Å². The second kappa shape index (κ2) is 55.8. The van der Waals surface area contributed by atoms with E-state index in [1.807, 2.05) is 52.0 Å². The second-order valence-electron chi connectivity index (χ2n) is 37.3. The van der Waals surface area contributed by atoms with E-state index >= 15 is 24.0 Å². The van der Waals surface area contributed by atoms with Crippen LogP contribution in [0.4, 0.5) is 0 Å². The number of fused-ring (bicyclic) bond motifs is 4. The fourth-order valence-electron chi connectivity index (χ4n) is 17.2. The number of carbonyl (C=O) groups is 17. The average Bonchev–Trinajstić information content (AvgIpc) is 1.69. The number of aromatic amines is 2. The third-order valence-corrected chi connectivity index (χ3v) is 27.2. The number of carbonyl (C=O) groups excluding carboxylic acids is 12. The molecule has 10 atom stereocenters. The van der Waals surface area contributed by atoms with Crippen molar-refractivity contribution in [1.29, 1.82) is 0 Å². The molecule has 3 saturated heterocycles. The van der Waals surface area contributed by atoms with Crippen molar-refractivity contribution in [2.45, 2.75) is 210 Å². The molecule has 4 aliphatic heterocycles. The second-order valence-corrected chi connectivity index (χ2v) is 39.8. The minimum atomic E-state index is -1.80. The Bertz CT molecular complexity index is 5080. The molecular weight excluding hydrogens is 2020 g/mol. The molecule has 0 aliphatic carbocycles. The maximum atomic E-state index is 15.8. The van der Waals surface area contributed by atoms with E-state index < -0.39 is 168 Å². The Labute approximate surface area is 850 Å². The van der Waals surface area contributed by atoms with Gasteiger partial charge in [-0.1, -0.05) is 102 Å². The summed E-state index contributed by atoms with van der Waals surface area (Å²) in [5.74, 6) is -14.9. The topological polar surface area (TPSA) is 575 Å². The van der Waals surface area contributed by atoms with E-state index in [4.69, 9.17) is 11.6 Å². The molecule has 771 valence electrons. The zero-order valence-electron chi connectivity index (χ0n) is 79.7. The van der Waals surface area contributed by atoms with Gasteiger partial charge in [0.1, 0.15) is 59.9 Å². The summed E-state index contributed by atoms with van der Waals surface area (Å²) >= 11 is 9.45. The minimum absolute atomic E-state index is 0. The summed E-state index contributed by atoms with van der Waals surface area (Å²) in [5.41, 5.74) is 2.29. The van der Waals surface area contributed by atoms with Gasteiger partial charge in [-0.2, -0.15) is 23.5 Å². The molecule has 5 aromatic rings. The molecule has 3 fully saturated rings. The number of carboxylic acid groups (broad SMARTS) is 5. The SMILES string of the molecule is CC[C@H](C)[C@@H]1NC(=O)[C@H](CC(C)C)NC(=O)C(C)(C)NC(=O)[C@@H](NC(=O)[C@@H](CC(C)C)NC(=O)[C@H](CCC(=O)O)NC(=O)[C@@H]2CCCN2C(=O)[C@H](Cc2c[nH]c3ccc(Cl)cc23)NC(=O)[C@H](Cc2c[nH]c3ccccc23)NC(=O)[C@H](CC(=O)O)NC(=O)CN2CCC(NC(=O)CN3CCN(CC(=O)O)CCN(CC(=O)O)CCN(CC(=O)O)CC3)CC2)CSCc2cccc(c2)CSCCNC1=O.[Lu]. The number of hydrogen-bond acceptors (Lipinski definition) is 24. The fraction of sp³-hybridized carbons (Fsp3) is 0.585. The van der Waals surface area contributed by atoms with Crippen LogP contribution in [0.5, 0.6) is 0 Å². The number of carboxylic acids is 5. The number of para-hydroxylation sites is 1. The van der Waals surface area contributed by atoms with Crippen LogP contribution in [0.15, 0.2) is 79.1 Å². The third kappa shape index (κ3) is 37.0. The molecule has 0 saturated carbocycles. The van der Waals surface area contributed by atoms with Gasteiger partial charge in [0.05, 0.1) is 39.1 Å². The maximum absolute atomic E-state index is 15.8. The summed E-state index contributed by atoms with van der Waals surface area (Å²) in [6, 6.07) is 6.35. The number of hydrogen-bond donors (Lipinski definition) is 18. The van der Waals surface area contributed by atoms with Gasteiger partial charge in [0.25, 0.3) is 0 Å². The number of rotatable bonds is 38. The van der Waals surface area contributed by atoms with Gasteiger partial charge in [0, 0.05) is 203 Å². The fourth-order valence-corrected chi connectivity index (χ4v) is 19.2. The molecular formula is C94H134ClLuN19O22S2. The van der Waals surface area contributed by atoms with E-state index in [0.29, 0.717) is 81.0 Å². The minimum Gasteiger partial charge on any atom is -0.481 e. The molecule has 1 radical (unpaired) electrons. The van der Waals surface area contributed by atoms with Gasteiger partial charge in [-0.3, -0.25) is 106 Å². The van der Waals surface area contributed by atoms with Crippen LogP contribution in [0, 0.1) is 54.6 Å². The Kier molecular flexibility index (Phi) is 45.8. The molecule has 9 rings (SSSR count). The van der Waals surface area contributed by atoms with E-state index in [1.54, 1.807) is 105 Å². The number of aliphatic carboxylic acids is 5. The number of benzene rings is 3. The smallest absolute Gasteiger partial charge is 0.317 e. The van der Waals surface area contributed by atoms with Crippen LogP contribution in [0.1, 0.15) is 142 Å². The van der Waals surface area contributed by atoms with Crippen molar-refractivity contribution in [3.8, 4) is 0 Å². The molecule has 41 nitrogen and oxygen atoms in total. The molecule has 2 bridgehead atoms. The normalized spacial score (nSPS) is 20.2. The molecule has 0 spiro atoms. The van der Waals surface area contributed by atoms with Gasteiger partial charge in [-0.15, -0.1) is 0 Å². The molecule has 18 N–H and O–H groups in total. The van der Waals surface area contributed by atoms with Crippen molar-refractivity contribution in [3.05, 3.63) is 106 Å². The van der Waals surface area contributed by atoms with Crippen LogP contribution in [-0.2, 0) is 106 Å². The number of halogens is 1. The van der Waals surface area contributed by atoms with E-state index in [0.717, 1.165) is 11.1 Å². The molecule has 12 amide bonds. The van der Waals surface area contributed by atoms with Gasteiger partial charge < -0.3 is 98.9 Å². The molecule has 4 aliphatic rings. The first kappa shape index (κ1) is 114. The largest absolute Gasteiger partial charge is 0.481 e. The predicted octanol–water partition coefficient (Wildman–Crippen LogP) is 1.68. The zero-order valence-corrected chi connectivity index (χ0v) is 83.7.